The maximum Gasteiger partial charge on any atom is 0.237 e. The molecule has 1 unspecified atom stereocenters. The van der Waals surface area contributed by atoms with E-state index in [0.717, 1.165) is 37.1 Å². The monoisotopic (exact) mass is 290 g/mol. The average Bonchev–Trinajstić information content (AvgIpc) is 2.48. The third kappa shape index (κ3) is 4.46. The standard InChI is InChI=1S/C17H26N2O2/c1-12(2)21-16-10-5-4-8-14(16)13(3)19-17(20)15-9-6-7-11-18-15/h4-5,8,10,12-13,15,18H,6-7,9,11H2,1-3H3,(H,19,20)/t13?,15-/m0/s1. The number of nitrogens with one attached hydrogen (secondary N) is 2. The minimum Gasteiger partial charge on any atom is -0.491 e. The highest BCUT2D eigenvalue weighted by Gasteiger charge is 2.23. The van der Waals surface area contributed by atoms with Crippen molar-refractivity contribution in [3.63, 3.8) is 0 Å². The Morgan fingerprint density at radius 1 is 1.29 bits per heavy atom. The Morgan fingerprint density at radius 2 is 2.05 bits per heavy atom. The molecule has 1 aliphatic rings. The number of ether oxygens (including phenoxy) is 1. The Balaban J connectivity index is 2.02. The van der Waals surface area contributed by atoms with Crippen molar-refractivity contribution in [2.45, 2.75) is 58.2 Å². The fourth-order valence-corrected chi connectivity index (χ4v) is 2.67. The summed E-state index contributed by atoms with van der Waals surface area (Å²) in [5, 5.41) is 6.38. The van der Waals surface area contributed by atoms with Crippen molar-refractivity contribution >= 4 is 5.91 Å². The normalized spacial score (nSPS) is 20.1. The summed E-state index contributed by atoms with van der Waals surface area (Å²) in [6.45, 7) is 6.95. The van der Waals surface area contributed by atoms with Crippen LogP contribution in [0.1, 0.15) is 51.6 Å². The second kappa shape index (κ2) is 7.46. The number of hydrogen-bond acceptors (Lipinski definition) is 3. The summed E-state index contributed by atoms with van der Waals surface area (Å²) in [4.78, 5) is 12.3. The molecule has 2 N–H and O–H groups in total. The van der Waals surface area contributed by atoms with Gasteiger partial charge in [-0.15, -0.1) is 0 Å². The van der Waals surface area contributed by atoms with E-state index in [4.69, 9.17) is 4.74 Å². The van der Waals surface area contributed by atoms with Crippen molar-refractivity contribution in [3.8, 4) is 5.75 Å². The zero-order chi connectivity index (χ0) is 15.2. The SMILES string of the molecule is CC(C)Oc1ccccc1C(C)NC(=O)[C@@H]1CCCCN1. The van der Waals surface area contributed by atoms with E-state index >= 15 is 0 Å². The van der Waals surface area contributed by atoms with Crippen molar-refractivity contribution in [1.82, 2.24) is 10.6 Å². The third-order valence-electron chi connectivity index (χ3n) is 3.73. The van der Waals surface area contributed by atoms with Crippen LogP contribution in [0.25, 0.3) is 0 Å². The van der Waals surface area contributed by atoms with Crippen LogP contribution in [-0.2, 0) is 4.79 Å². The molecular weight excluding hydrogens is 264 g/mol. The van der Waals surface area contributed by atoms with Crippen molar-refractivity contribution in [3.05, 3.63) is 29.8 Å². The van der Waals surface area contributed by atoms with Gasteiger partial charge in [-0.1, -0.05) is 24.6 Å². The molecule has 0 aromatic heterocycles. The molecule has 0 aliphatic carbocycles. The fourth-order valence-electron chi connectivity index (χ4n) is 2.67. The van der Waals surface area contributed by atoms with Gasteiger partial charge in [0.1, 0.15) is 5.75 Å². The number of rotatable bonds is 5. The number of benzene rings is 1. The Labute approximate surface area is 127 Å². The van der Waals surface area contributed by atoms with Crippen LogP contribution in [0.5, 0.6) is 5.75 Å². The number of amides is 1. The summed E-state index contributed by atoms with van der Waals surface area (Å²) in [6.07, 6.45) is 3.31. The predicted molar refractivity (Wildman–Crippen MR) is 84.4 cm³/mol. The molecule has 0 saturated carbocycles. The van der Waals surface area contributed by atoms with Gasteiger partial charge in [0.05, 0.1) is 18.2 Å². The van der Waals surface area contributed by atoms with Gasteiger partial charge in [-0.2, -0.15) is 0 Å². The van der Waals surface area contributed by atoms with E-state index in [1.165, 1.54) is 0 Å². The number of hydrogen-bond donors (Lipinski definition) is 2. The smallest absolute Gasteiger partial charge is 0.237 e. The van der Waals surface area contributed by atoms with E-state index in [0.29, 0.717) is 0 Å². The summed E-state index contributed by atoms with van der Waals surface area (Å²) in [7, 11) is 0. The molecule has 4 heteroatoms. The molecule has 116 valence electrons. The van der Waals surface area contributed by atoms with Crippen LogP contribution in [-0.4, -0.2) is 24.6 Å². The van der Waals surface area contributed by atoms with Gasteiger partial charge in [0, 0.05) is 5.56 Å². The van der Waals surface area contributed by atoms with Crippen LogP contribution in [0.15, 0.2) is 24.3 Å². The molecule has 1 aromatic rings. The zero-order valence-corrected chi connectivity index (χ0v) is 13.2. The predicted octanol–water partition coefficient (Wildman–Crippen LogP) is 2.79. The average molecular weight is 290 g/mol. The Kier molecular flexibility index (Phi) is 5.62. The van der Waals surface area contributed by atoms with Crippen LogP contribution in [0.2, 0.25) is 0 Å². The molecule has 2 atom stereocenters. The third-order valence-corrected chi connectivity index (χ3v) is 3.73. The van der Waals surface area contributed by atoms with Crippen molar-refractivity contribution in [2.75, 3.05) is 6.54 Å². The highest BCUT2D eigenvalue weighted by molar-refractivity contribution is 5.82. The lowest BCUT2D eigenvalue weighted by Crippen LogP contribution is -2.47. The molecule has 1 fully saturated rings. The molecule has 1 heterocycles. The number of carbonyl (C=O) groups is 1. The Bertz CT molecular complexity index is 468. The van der Waals surface area contributed by atoms with Crippen LogP contribution in [0, 0.1) is 0 Å². The molecule has 1 aromatic carbocycles. The highest BCUT2D eigenvalue weighted by Crippen LogP contribution is 2.26. The summed E-state index contributed by atoms with van der Waals surface area (Å²) < 4.78 is 5.83. The number of carbonyl (C=O) groups excluding carboxylic acids is 1. The first-order valence-electron chi connectivity index (χ1n) is 7.87. The quantitative estimate of drug-likeness (QED) is 0.876. The van der Waals surface area contributed by atoms with Crippen LogP contribution < -0.4 is 15.4 Å². The highest BCUT2D eigenvalue weighted by atomic mass is 16.5. The molecular formula is C17H26N2O2. The number of piperidine rings is 1. The van der Waals surface area contributed by atoms with Crippen molar-refractivity contribution in [2.24, 2.45) is 0 Å². The first-order chi connectivity index (χ1) is 10.1. The molecule has 4 nitrogen and oxygen atoms in total. The topological polar surface area (TPSA) is 50.4 Å². The van der Waals surface area contributed by atoms with Gasteiger partial charge in [0.2, 0.25) is 5.91 Å². The van der Waals surface area contributed by atoms with E-state index in [1.807, 2.05) is 45.0 Å². The van der Waals surface area contributed by atoms with Crippen molar-refractivity contribution < 1.29 is 9.53 Å². The van der Waals surface area contributed by atoms with Crippen LogP contribution in [0.3, 0.4) is 0 Å². The van der Waals surface area contributed by atoms with Gasteiger partial charge in [-0.25, -0.2) is 0 Å². The second-order valence-corrected chi connectivity index (χ2v) is 5.94. The van der Waals surface area contributed by atoms with Crippen LogP contribution in [0.4, 0.5) is 0 Å². The summed E-state index contributed by atoms with van der Waals surface area (Å²) in [6, 6.07) is 7.78. The van der Waals surface area contributed by atoms with Gasteiger partial charge in [0.25, 0.3) is 0 Å². The molecule has 0 radical (unpaired) electrons. The number of para-hydroxylation sites is 1. The minimum absolute atomic E-state index is 0.0561. The van der Waals surface area contributed by atoms with Gasteiger partial charge in [-0.05, 0) is 46.2 Å². The second-order valence-electron chi connectivity index (χ2n) is 5.94. The lowest BCUT2D eigenvalue weighted by molar-refractivity contribution is -0.124. The maximum absolute atomic E-state index is 12.3. The summed E-state index contributed by atoms with van der Waals surface area (Å²) >= 11 is 0. The molecule has 2 rings (SSSR count). The summed E-state index contributed by atoms with van der Waals surface area (Å²) in [5.74, 6) is 0.929. The van der Waals surface area contributed by atoms with E-state index in [1.54, 1.807) is 0 Å². The zero-order valence-electron chi connectivity index (χ0n) is 13.2. The van der Waals surface area contributed by atoms with E-state index < -0.39 is 0 Å². The van der Waals surface area contributed by atoms with Crippen LogP contribution >= 0.6 is 0 Å². The molecule has 0 spiro atoms. The van der Waals surface area contributed by atoms with Crippen molar-refractivity contribution in [1.29, 1.82) is 0 Å². The Morgan fingerprint density at radius 3 is 2.71 bits per heavy atom. The van der Waals surface area contributed by atoms with Gasteiger partial charge >= 0.3 is 0 Å². The lowest BCUT2D eigenvalue weighted by Gasteiger charge is -2.25. The fraction of sp³-hybridized carbons (Fsp3) is 0.588. The maximum atomic E-state index is 12.3. The summed E-state index contributed by atoms with van der Waals surface area (Å²) in [5.41, 5.74) is 1.02. The van der Waals surface area contributed by atoms with Gasteiger partial charge in [-0.3, -0.25) is 4.79 Å². The Hall–Kier alpha value is -1.55. The first kappa shape index (κ1) is 15.8. The molecule has 0 bridgehead atoms. The first-order valence-corrected chi connectivity index (χ1v) is 7.87. The molecule has 1 amide bonds. The minimum atomic E-state index is -0.0591. The molecule has 1 saturated heterocycles. The van der Waals surface area contributed by atoms with Gasteiger partial charge in [0.15, 0.2) is 0 Å². The van der Waals surface area contributed by atoms with E-state index in [9.17, 15) is 4.79 Å². The van der Waals surface area contributed by atoms with E-state index in [-0.39, 0.29) is 24.1 Å². The van der Waals surface area contributed by atoms with Gasteiger partial charge < -0.3 is 15.4 Å². The lowest BCUT2D eigenvalue weighted by atomic mass is 10.0. The molecule has 1 aliphatic heterocycles. The molecule has 21 heavy (non-hydrogen) atoms. The largest absolute Gasteiger partial charge is 0.491 e. The van der Waals surface area contributed by atoms with E-state index in [2.05, 4.69) is 10.6 Å².